The number of aliphatic imine (C=N–C) groups is 1. The van der Waals surface area contributed by atoms with Crippen LogP contribution in [0.1, 0.15) is 44.0 Å². The van der Waals surface area contributed by atoms with Gasteiger partial charge in [0.05, 0.1) is 43.5 Å². The fourth-order valence-corrected chi connectivity index (χ4v) is 3.35. The van der Waals surface area contributed by atoms with Crippen molar-refractivity contribution in [1.29, 1.82) is 0 Å². The highest BCUT2D eigenvalue weighted by Crippen LogP contribution is 2.32. The van der Waals surface area contributed by atoms with Crippen molar-refractivity contribution in [3.63, 3.8) is 0 Å². The molecule has 0 unspecified atom stereocenters. The van der Waals surface area contributed by atoms with Crippen LogP contribution in [0.15, 0.2) is 75.7 Å². The number of amidine groups is 1. The van der Waals surface area contributed by atoms with Gasteiger partial charge in [-0.25, -0.2) is 4.99 Å². The summed E-state index contributed by atoms with van der Waals surface area (Å²) in [5.41, 5.74) is 5.57. The van der Waals surface area contributed by atoms with Crippen molar-refractivity contribution < 1.29 is 14.3 Å². The van der Waals surface area contributed by atoms with E-state index in [2.05, 4.69) is 40.9 Å². The van der Waals surface area contributed by atoms with Crippen molar-refractivity contribution in [2.24, 2.45) is 4.99 Å². The second kappa shape index (κ2) is 10.8. The van der Waals surface area contributed by atoms with Gasteiger partial charge in [0.2, 0.25) is 0 Å². The number of methoxy groups -OCH3 is 2. The first kappa shape index (κ1) is 23.3. The number of nitrogens with zero attached hydrogens (tertiary/aromatic N) is 3. The quantitative estimate of drug-likeness (QED) is 0.637. The highest BCUT2D eigenvalue weighted by Gasteiger charge is 2.24. The van der Waals surface area contributed by atoms with Gasteiger partial charge < -0.3 is 20.1 Å². The second-order valence-corrected chi connectivity index (χ2v) is 7.68. The largest absolute Gasteiger partial charge is 0.501 e. The summed E-state index contributed by atoms with van der Waals surface area (Å²) in [6.45, 7) is 7.13. The van der Waals surface area contributed by atoms with E-state index in [1.54, 1.807) is 31.3 Å². The number of ether oxygens (including phenoxy) is 2. The number of rotatable bonds is 7. The van der Waals surface area contributed by atoms with E-state index in [0.717, 1.165) is 40.3 Å². The normalized spacial score (nSPS) is 20.3. The Balaban J connectivity index is 1.81. The zero-order valence-corrected chi connectivity index (χ0v) is 19.4. The molecule has 0 saturated carbocycles. The lowest BCUT2D eigenvalue weighted by atomic mass is 10.0. The highest BCUT2D eigenvalue weighted by molar-refractivity contribution is 6.08. The molecule has 0 atom stereocenters. The SMILES string of the molecule is COCCn1cc(C(=O)NC2=NC(=C(C)\C(C)=C\C=C3/CC=CN3)/C(=C(\C)OC)C2)cn1. The van der Waals surface area contributed by atoms with E-state index >= 15 is 0 Å². The van der Waals surface area contributed by atoms with Crippen molar-refractivity contribution in [2.45, 2.75) is 40.2 Å². The van der Waals surface area contributed by atoms with Crippen LogP contribution in [0.2, 0.25) is 0 Å². The number of aromatic nitrogens is 2. The van der Waals surface area contributed by atoms with Gasteiger partial charge in [-0.2, -0.15) is 5.10 Å². The summed E-state index contributed by atoms with van der Waals surface area (Å²) in [6, 6.07) is 0. The van der Waals surface area contributed by atoms with E-state index in [1.165, 1.54) is 0 Å². The number of amides is 1. The van der Waals surface area contributed by atoms with Gasteiger partial charge in [0, 0.05) is 37.4 Å². The molecule has 3 rings (SSSR count). The molecule has 0 saturated heterocycles. The minimum atomic E-state index is -0.238. The molecule has 0 spiro atoms. The molecular weight excluding hydrogens is 406 g/mol. The van der Waals surface area contributed by atoms with Gasteiger partial charge in [-0.3, -0.25) is 9.48 Å². The van der Waals surface area contributed by atoms with E-state index in [9.17, 15) is 4.79 Å². The lowest BCUT2D eigenvalue weighted by molar-refractivity contribution is 0.0976. The molecule has 1 aromatic rings. The Morgan fingerprint density at radius 3 is 2.81 bits per heavy atom. The topological polar surface area (TPSA) is 89.8 Å². The minimum absolute atomic E-state index is 0.238. The molecule has 8 nitrogen and oxygen atoms in total. The van der Waals surface area contributed by atoms with Crippen LogP contribution in [0.4, 0.5) is 0 Å². The summed E-state index contributed by atoms with van der Waals surface area (Å²) in [4.78, 5) is 17.5. The first-order chi connectivity index (χ1) is 15.4. The molecule has 0 fully saturated rings. The third-order valence-electron chi connectivity index (χ3n) is 5.49. The Morgan fingerprint density at radius 2 is 2.12 bits per heavy atom. The van der Waals surface area contributed by atoms with Crippen molar-refractivity contribution in [2.75, 3.05) is 20.8 Å². The van der Waals surface area contributed by atoms with Crippen LogP contribution in [0.5, 0.6) is 0 Å². The molecule has 0 aliphatic carbocycles. The van der Waals surface area contributed by atoms with Gasteiger partial charge in [0.25, 0.3) is 5.91 Å². The predicted molar refractivity (Wildman–Crippen MR) is 125 cm³/mol. The molecule has 1 aromatic heterocycles. The first-order valence-corrected chi connectivity index (χ1v) is 10.6. The van der Waals surface area contributed by atoms with E-state index in [0.29, 0.717) is 31.0 Å². The Kier molecular flexibility index (Phi) is 7.83. The zero-order chi connectivity index (χ0) is 23.1. The molecule has 32 heavy (non-hydrogen) atoms. The third-order valence-corrected chi connectivity index (χ3v) is 5.49. The van der Waals surface area contributed by atoms with E-state index < -0.39 is 0 Å². The summed E-state index contributed by atoms with van der Waals surface area (Å²) in [5, 5.41) is 10.3. The molecule has 2 N–H and O–H groups in total. The maximum Gasteiger partial charge on any atom is 0.259 e. The minimum Gasteiger partial charge on any atom is -0.501 e. The zero-order valence-electron chi connectivity index (χ0n) is 19.4. The molecule has 0 aromatic carbocycles. The van der Waals surface area contributed by atoms with Crippen LogP contribution in [-0.2, 0) is 16.0 Å². The number of hydrogen-bond donors (Lipinski definition) is 2. The molecule has 8 heteroatoms. The summed E-state index contributed by atoms with van der Waals surface area (Å²) in [7, 11) is 3.28. The number of hydrogen-bond acceptors (Lipinski definition) is 6. The molecule has 3 heterocycles. The highest BCUT2D eigenvalue weighted by atomic mass is 16.5. The van der Waals surface area contributed by atoms with Crippen LogP contribution in [-0.4, -0.2) is 42.3 Å². The lowest BCUT2D eigenvalue weighted by Gasteiger charge is -2.09. The van der Waals surface area contributed by atoms with E-state index in [1.807, 2.05) is 20.0 Å². The number of carbonyl (C=O) groups excluding carboxylic acids is 1. The Morgan fingerprint density at radius 1 is 1.31 bits per heavy atom. The number of carbonyl (C=O) groups is 1. The lowest BCUT2D eigenvalue weighted by Crippen LogP contribution is -2.29. The van der Waals surface area contributed by atoms with Crippen molar-refractivity contribution in [1.82, 2.24) is 20.4 Å². The molecular formula is C24H31N5O3. The van der Waals surface area contributed by atoms with Crippen molar-refractivity contribution in [3.05, 3.63) is 76.3 Å². The molecule has 0 radical (unpaired) electrons. The van der Waals surface area contributed by atoms with Crippen molar-refractivity contribution in [3.8, 4) is 0 Å². The maximum atomic E-state index is 12.7. The van der Waals surface area contributed by atoms with Crippen LogP contribution in [0.3, 0.4) is 0 Å². The summed E-state index contributed by atoms with van der Waals surface area (Å²) < 4.78 is 12.2. The van der Waals surface area contributed by atoms with Crippen LogP contribution in [0, 0.1) is 0 Å². The van der Waals surface area contributed by atoms with Gasteiger partial charge in [-0.1, -0.05) is 12.2 Å². The molecule has 170 valence electrons. The standard InChI is InChI=1S/C24H31N5O3/c1-16(8-9-20-7-6-10-25-20)17(2)23-21(18(3)32-5)13-22(27-23)28-24(30)19-14-26-29(15-19)11-12-31-4/h6,8-10,14-15,25H,7,11-13H2,1-5H3,(H,27,28,30)/b16-8+,20-9+,21-18+,23-17-. The van der Waals surface area contributed by atoms with Gasteiger partial charge in [0.15, 0.2) is 0 Å². The van der Waals surface area contributed by atoms with Gasteiger partial charge in [0.1, 0.15) is 5.84 Å². The maximum absolute atomic E-state index is 12.7. The number of nitrogens with one attached hydrogen (secondary N) is 2. The Hall–Kier alpha value is -3.39. The summed E-state index contributed by atoms with van der Waals surface area (Å²) in [5.74, 6) is 1.14. The fourth-order valence-electron chi connectivity index (χ4n) is 3.35. The summed E-state index contributed by atoms with van der Waals surface area (Å²) in [6.07, 6.45) is 12.8. The summed E-state index contributed by atoms with van der Waals surface area (Å²) >= 11 is 0. The molecule has 2 aliphatic rings. The molecule has 2 aliphatic heterocycles. The van der Waals surface area contributed by atoms with Gasteiger partial charge in [-0.15, -0.1) is 0 Å². The smallest absolute Gasteiger partial charge is 0.259 e. The van der Waals surface area contributed by atoms with Gasteiger partial charge >= 0.3 is 0 Å². The van der Waals surface area contributed by atoms with Gasteiger partial charge in [-0.05, 0) is 44.2 Å². The second-order valence-electron chi connectivity index (χ2n) is 7.68. The Bertz CT molecular complexity index is 1040. The fraction of sp³-hybridized carbons (Fsp3) is 0.375. The van der Waals surface area contributed by atoms with Crippen molar-refractivity contribution >= 4 is 11.7 Å². The number of allylic oxidation sites excluding steroid dienone is 7. The average Bonchev–Trinajstić information content (AvgIpc) is 3.55. The van der Waals surface area contributed by atoms with Crippen LogP contribution >= 0.6 is 0 Å². The predicted octanol–water partition coefficient (Wildman–Crippen LogP) is 3.59. The monoisotopic (exact) mass is 437 g/mol. The van der Waals surface area contributed by atoms with Crippen LogP contribution < -0.4 is 10.6 Å². The molecule has 1 amide bonds. The molecule has 0 bridgehead atoms. The van der Waals surface area contributed by atoms with E-state index in [4.69, 9.17) is 14.5 Å². The third kappa shape index (κ3) is 5.64. The average molecular weight is 438 g/mol. The first-order valence-electron chi connectivity index (χ1n) is 10.6. The Labute approximate surface area is 189 Å². The van der Waals surface area contributed by atoms with E-state index in [-0.39, 0.29) is 5.91 Å². The van der Waals surface area contributed by atoms with Crippen LogP contribution in [0.25, 0.3) is 0 Å².